The first-order valence-corrected chi connectivity index (χ1v) is 6.66. The highest BCUT2D eigenvalue weighted by Crippen LogP contribution is 2.29. The number of nitrogens with one attached hydrogen (secondary N) is 1. The Balaban J connectivity index is 2.21. The lowest BCUT2D eigenvalue weighted by molar-refractivity contribution is 0.416. The van der Waals surface area contributed by atoms with Crippen molar-refractivity contribution in [3.63, 3.8) is 0 Å². The fourth-order valence-electron chi connectivity index (χ4n) is 1.79. The van der Waals surface area contributed by atoms with Gasteiger partial charge in [0.2, 0.25) is 0 Å². The van der Waals surface area contributed by atoms with Gasteiger partial charge < -0.3 is 10.1 Å². The normalized spacial score (nSPS) is 9.90. The molecule has 0 spiro atoms. The van der Waals surface area contributed by atoms with E-state index in [0.29, 0.717) is 27.9 Å². The number of rotatable bonds is 4. The van der Waals surface area contributed by atoms with E-state index in [4.69, 9.17) is 33.2 Å². The van der Waals surface area contributed by atoms with E-state index in [1.54, 1.807) is 43.5 Å². The third-order valence-electron chi connectivity index (χ3n) is 2.85. The molecule has 0 aliphatic heterocycles. The van der Waals surface area contributed by atoms with Crippen molar-refractivity contribution in [1.82, 2.24) is 0 Å². The van der Waals surface area contributed by atoms with Gasteiger partial charge in [0, 0.05) is 28.2 Å². The Morgan fingerprint density at radius 2 is 1.90 bits per heavy atom. The molecule has 0 radical (unpaired) electrons. The third kappa shape index (κ3) is 3.16. The van der Waals surface area contributed by atoms with Gasteiger partial charge in [-0.15, -0.1) is 0 Å². The number of ether oxygens (including phenoxy) is 1. The molecule has 0 atom stereocenters. The highest BCUT2D eigenvalue weighted by atomic mass is 35.5. The Labute approximate surface area is 127 Å². The van der Waals surface area contributed by atoms with E-state index >= 15 is 0 Å². The molecule has 2 rings (SSSR count). The Bertz CT molecular complexity index is 645. The predicted octanol–water partition coefficient (Wildman–Crippen LogP) is 4.49. The van der Waals surface area contributed by atoms with Crippen LogP contribution in [0.2, 0.25) is 10.0 Å². The second kappa shape index (κ2) is 6.51. The minimum absolute atomic E-state index is 0.473. The third-order valence-corrected chi connectivity index (χ3v) is 3.56. The fraction of sp³-hybridized carbons (Fsp3) is 0.133. The van der Waals surface area contributed by atoms with Gasteiger partial charge in [0.05, 0.1) is 24.4 Å². The number of halogens is 2. The van der Waals surface area contributed by atoms with E-state index in [2.05, 4.69) is 11.4 Å². The van der Waals surface area contributed by atoms with Crippen LogP contribution in [0.5, 0.6) is 5.75 Å². The Morgan fingerprint density at radius 1 is 1.20 bits per heavy atom. The molecule has 5 heteroatoms. The van der Waals surface area contributed by atoms with Gasteiger partial charge in [0.1, 0.15) is 5.75 Å². The number of nitrogens with zero attached hydrogens (tertiary/aromatic N) is 1. The second-order valence-corrected chi connectivity index (χ2v) is 4.90. The number of hydrogen-bond donors (Lipinski definition) is 1. The molecule has 20 heavy (non-hydrogen) atoms. The quantitative estimate of drug-likeness (QED) is 0.905. The van der Waals surface area contributed by atoms with Gasteiger partial charge in [0.15, 0.2) is 0 Å². The first-order chi connectivity index (χ1) is 9.65. The zero-order chi connectivity index (χ0) is 14.5. The Morgan fingerprint density at radius 3 is 2.50 bits per heavy atom. The van der Waals surface area contributed by atoms with Gasteiger partial charge in [-0.05, 0) is 24.3 Å². The summed E-state index contributed by atoms with van der Waals surface area (Å²) in [4.78, 5) is 0. The summed E-state index contributed by atoms with van der Waals surface area (Å²) in [5.41, 5.74) is 2.15. The van der Waals surface area contributed by atoms with E-state index in [9.17, 15) is 0 Å². The van der Waals surface area contributed by atoms with Crippen LogP contribution in [0.4, 0.5) is 5.69 Å². The van der Waals surface area contributed by atoms with Crippen LogP contribution >= 0.6 is 23.2 Å². The van der Waals surface area contributed by atoms with Crippen molar-refractivity contribution in [2.24, 2.45) is 0 Å². The summed E-state index contributed by atoms with van der Waals surface area (Å²) in [6, 6.07) is 12.6. The summed E-state index contributed by atoms with van der Waals surface area (Å²) in [5.74, 6) is 0.604. The first-order valence-electron chi connectivity index (χ1n) is 5.90. The largest absolute Gasteiger partial charge is 0.495 e. The van der Waals surface area contributed by atoms with Crippen molar-refractivity contribution in [3.05, 3.63) is 57.6 Å². The van der Waals surface area contributed by atoms with Gasteiger partial charge in [0.25, 0.3) is 0 Å². The molecule has 0 aliphatic carbocycles. The summed E-state index contributed by atoms with van der Waals surface area (Å²) in [7, 11) is 1.56. The maximum atomic E-state index is 8.87. The molecule has 0 fully saturated rings. The van der Waals surface area contributed by atoms with Crippen LogP contribution in [0.1, 0.15) is 11.1 Å². The number of anilines is 1. The smallest absolute Gasteiger partial charge is 0.143 e. The maximum Gasteiger partial charge on any atom is 0.143 e. The lowest BCUT2D eigenvalue weighted by Crippen LogP contribution is -2.03. The summed E-state index contributed by atoms with van der Waals surface area (Å²) < 4.78 is 5.26. The van der Waals surface area contributed by atoms with Gasteiger partial charge >= 0.3 is 0 Å². The molecule has 0 aromatic heterocycles. The molecule has 0 unspecified atom stereocenters. The highest BCUT2D eigenvalue weighted by molar-refractivity contribution is 6.36. The SMILES string of the molecule is COc1cc(C#N)ccc1NCc1c(Cl)cccc1Cl. The topological polar surface area (TPSA) is 45.0 Å². The summed E-state index contributed by atoms with van der Waals surface area (Å²) >= 11 is 12.2. The van der Waals surface area contributed by atoms with Gasteiger partial charge in [-0.1, -0.05) is 29.3 Å². The zero-order valence-electron chi connectivity index (χ0n) is 10.8. The highest BCUT2D eigenvalue weighted by Gasteiger charge is 2.08. The maximum absolute atomic E-state index is 8.87. The van der Waals surface area contributed by atoms with Crippen LogP contribution in [0, 0.1) is 11.3 Å². The van der Waals surface area contributed by atoms with Crippen LogP contribution in [0.3, 0.4) is 0 Å². The monoisotopic (exact) mass is 306 g/mol. The van der Waals surface area contributed by atoms with Crippen LogP contribution in [0.15, 0.2) is 36.4 Å². The van der Waals surface area contributed by atoms with Gasteiger partial charge in [-0.3, -0.25) is 0 Å². The van der Waals surface area contributed by atoms with Crippen LogP contribution in [0.25, 0.3) is 0 Å². The van der Waals surface area contributed by atoms with Gasteiger partial charge in [-0.25, -0.2) is 0 Å². The summed E-state index contributed by atoms with van der Waals surface area (Å²) in [6.45, 7) is 0.473. The van der Waals surface area contributed by atoms with Crippen molar-refractivity contribution in [1.29, 1.82) is 5.26 Å². The number of methoxy groups -OCH3 is 1. The molecule has 0 bridgehead atoms. The number of nitriles is 1. The minimum atomic E-state index is 0.473. The second-order valence-electron chi connectivity index (χ2n) is 4.08. The average molecular weight is 307 g/mol. The molecular formula is C15H12Cl2N2O. The van der Waals surface area contributed by atoms with Crippen molar-refractivity contribution in [3.8, 4) is 11.8 Å². The van der Waals surface area contributed by atoms with E-state index in [1.807, 2.05) is 0 Å². The van der Waals surface area contributed by atoms with Gasteiger partial charge in [-0.2, -0.15) is 5.26 Å². The van der Waals surface area contributed by atoms with Crippen molar-refractivity contribution < 1.29 is 4.74 Å². The molecule has 0 amide bonds. The lowest BCUT2D eigenvalue weighted by Gasteiger charge is -2.13. The van der Waals surface area contributed by atoms with Crippen LogP contribution < -0.4 is 10.1 Å². The predicted molar refractivity (Wildman–Crippen MR) is 81.5 cm³/mol. The molecule has 1 N–H and O–H groups in total. The molecule has 0 saturated carbocycles. The van der Waals surface area contributed by atoms with Crippen molar-refractivity contribution in [2.75, 3.05) is 12.4 Å². The Kier molecular flexibility index (Phi) is 4.73. The van der Waals surface area contributed by atoms with Crippen molar-refractivity contribution >= 4 is 28.9 Å². The molecular weight excluding hydrogens is 295 g/mol. The number of benzene rings is 2. The van der Waals surface area contributed by atoms with Crippen molar-refractivity contribution in [2.45, 2.75) is 6.54 Å². The minimum Gasteiger partial charge on any atom is -0.495 e. The lowest BCUT2D eigenvalue weighted by atomic mass is 10.2. The zero-order valence-corrected chi connectivity index (χ0v) is 12.3. The number of hydrogen-bond acceptors (Lipinski definition) is 3. The molecule has 2 aromatic rings. The van der Waals surface area contributed by atoms with E-state index < -0.39 is 0 Å². The molecule has 2 aromatic carbocycles. The van der Waals surface area contributed by atoms with Crippen LogP contribution in [-0.2, 0) is 6.54 Å². The Hall–Kier alpha value is -1.89. The molecule has 0 heterocycles. The first kappa shape index (κ1) is 14.5. The summed E-state index contributed by atoms with van der Waals surface area (Å²) in [6.07, 6.45) is 0. The standard InChI is InChI=1S/C15H12Cl2N2O/c1-20-15-7-10(8-18)5-6-14(15)19-9-11-12(16)3-2-4-13(11)17/h2-7,19H,9H2,1H3. The van der Waals surface area contributed by atoms with E-state index in [-0.39, 0.29) is 0 Å². The summed E-state index contributed by atoms with van der Waals surface area (Å²) in [5, 5.41) is 13.3. The van der Waals surface area contributed by atoms with E-state index in [0.717, 1.165) is 11.3 Å². The van der Waals surface area contributed by atoms with Crippen LogP contribution in [-0.4, -0.2) is 7.11 Å². The fourth-order valence-corrected chi connectivity index (χ4v) is 2.32. The molecule has 3 nitrogen and oxygen atoms in total. The molecule has 0 saturated heterocycles. The molecule has 0 aliphatic rings. The molecule has 102 valence electrons. The average Bonchev–Trinajstić information content (AvgIpc) is 2.46. The van der Waals surface area contributed by atoms with E-state index in [1.165, 1.54) is 0 Å².